The second-order valence-electron chi connectivity index (χ2n) is 7.63. The SMILES string of the molecule is Cc1ccc(-c2ccc([C@@H]3[C@@H](c4ccccn4)NC(=S)N3c3ccccc3F)o2)c(Br)c1. The van der Waals surface area contributed by atoms with Gasteiger partial charge in [-0.25, -0.2) is 4.39 Å². The Morgan fingerprint density at radius 1 is 1.06 bits per heavy atom. The van der Waals surface area contributed by atoms with Crippen molar-refractivity contribution in [2.75, 3.05) is 4.90 Å². The standard InChI is InChI=1S/C25H19BrFN3OS/c1-15-9-10-16(17(26)14-15)21-11-12-22(31-21)24-23(19-7-4-5-13-28-19)29-25(32)30(24)20-8-3-2-6-18(20)27/h2-14,23-24H,1H3,(H,29,32)/t23-,24-/m1/s1. The summed E-state index contributed by atoms with van der Waals surface area (Å²) >= 11 is 9.27. The maximum atomic E-state index is 14.8. The fraction of sp³-hybridized carbons (Fsp3) is 0.120. The number of rotatable bonds is 4. The second-order valence-corrected chi connectivity index (χ2v) is 8.87. The highest BCUT2D eigenvalue weighted by molar-refractivity contribution is 9.10. The second kappa shape index (κ2) is 8.48. The molecule has 7 heteroatoms. The Kier molecular flexibility index (Phi) is 5.53. The summed E-state index contributed by atoms with van der Waals surface area (Å²) in [5.74, 6) is 1.04. The van der Waals surface area contributed by atoms with E-state index in [1.54, 1.807) is 29.3 Å². The number of hydrogen-bond acceptors (Lipinski definition) is 3. The van der Waals surface area contributed by atoms with Gasteiger partial charge in [-0.15, -0.1) is 0 Å². The number of aromatic nitrogens is 1. The van der Waals surface area contributed by atoms with Crippen molar-refractivity contribution < 1.29 is 8.81 Å². The minimum Gasteiger partial charge on any atom is -0.459 e. The maximum Gasteiger partial charge on any atom is 0.174 e. The van der Waals surface area contributed by atoms with E-state index in [0.29, 0.717) is 16.6 Å². The van der Waals surface area contributed by atoms with E-state index in [4.69, 9.17) is 16.6 Å². The summed E-state index contributed by atoms with van der Waals surface area (Å²) in [5, 5.41) is 3.74. The lowest BCUT2D eigenvalue weighted by molar-refractivity contribution is 0.437. The molecule has 1 fully saturated rings. The van der Waals surface area contributed by atoms with E-state index < -0.39 is 6.04 Å². The minimum atomic E-state index is -0.410. The molecule has 2 atom stereocenters. The fourth-order valence-electron chi connectivity index (χ4n) is 4.03. The van der Waals surface area contributed by atoms with E-state index in [1.165, 1.54) is 6.07 Å². The van der Waals surface area contributed by atoms with Crippen molar-refractivity contribution in [3.8, 4) is 11.3 Å². The van der Waals surface area contributed by atoms with Crippen molar-refractivity contribution in [1.82, 2.24) is 10.3 Å². The average molecular weight is 508 g/mol. The first-order chi connectivity index (χ1) is 15.5. The van der Waals surface area contributed by atoms with Gasteiger partial charge in [0, 0.05) is 16.2 Å². The van der Waals surface area contributed by atoms with Gasteiger partial charge >= 0.3 is 0 Å². The van der Waals surface area contributed by atoms with Crippen molar-refractivity contribution in [3.05, 3.63) is 106 Å². The number of nitrogens with zero attached hydrogens (tertiary/aromatic N) is 2. The number of thiocarbonyl (C=S) groups is 1. The zero-order chi connectivity index (χ0) is 22.2. The third-order valence-electron chi connectivity index (χ3n) is 5.52. The van der Waals surface area contributed by atoms with Crippen molar-refractivity contribution in [2.24, 2.45) is 0 Å². The molecule has 2 aromatic heterocycles. The van der Waals surface area contributed by atoms with Crippen LogP contribution in [-0.2, 0) is 0 Å². The molecule has 1 aliphatic rings. The molecule has 4 nitrogen and oxygen atoms in total. The predicted octanol–water partition coefficient (Wildman–Crippen LogP) is 6.73. The Balaban J connectivity index is 1.62. The molecular weight excluding hydrogens is 489 g/mol. The molecule has 1 saturated heterocycles. The Hall–Kier alpha value is -3.03. The van der Waals surface area contributed by atoms with Gasteiger partial charge in [-0.3, -0.25) is 4.98 Å². The minimum absolute atomic E-state index is 0.302. The van der Waals surface area contributed by atoms with Gasteiger partial charge in [0.2, 0.25) is 0 Å². The molecule has 5 rings (SSSR count). The number of halogens is 2. The average Bonchev–Trinajstić information content (AvgIpc) is 3.39. The van der Waals surface area contributed by atoms with Crippen LogP contribution in [0.15, 0.2) is 87.9 Å². The van der Waals surface area contributed by atoms with Gasteiger partial charge in [0.15, 0.2) is 5.11 Å². The van der Waals surface area contributed by atoms with Crippen LogP contribution in [0.3, 0.4) is 0 Å². The normalized spacial score (nSPS) is 18.1. The van der Waals surface area contributed by atoms with E-state index >= 15 is 0 Å². The molecule has 1 aliphatic heterocycles. The van der Waals surface area contributed by atoms with Gasteiger partial charge in [-0.05, 0) is 73.2 Å². The molecule has 0 bridgehead atoms. The van der Waals surface area contributed by atoms with Crippen molar-refractivity contribution in [1.29, 1.82) is 0 Å². The summed E-state index contributed by atoms with van der Waals surface area (Å²) in [5.41, 5.74) is 3.29. The molecule has 2 aromatic carbocycles. The largest absolute Gasteiger partial charge is 0.459 e. The van der Waals surface area contributed by atoms with Crippen LogP contribution in [0.2, 0.25) is 0 Å². The smallest absolute Gasteiger partial charge is 0.174 e. The molecule has 3 heterocycles. The van der Waals surface area contributed by atoms with Crippen LogP contribution < -0.4 is 10.2 Å². The van der Waals surface area contributed by atoms with Crippen LogP contribution >= 0.6 is 28.1 Å². The van der Waals surface area contributed by atoms with Crippen LogP contribution in [0.1, 0.15) is 29.1 Å². The van der Waals surface area contributed by atoms with Gasteiger partial charge in [-0.1, -0.05) is 40.2 Å². The highest BCUT2D eigenvalue weighted by Crippen LogP contribution is 2.44. The topological polar surface area (TPSA) is 41.3 Å². The van der Waals surface area contributed by atoms with Crippen LogP contribution in [0.4, 0.5) is 10.1 Å². The number of anilines is 1. The molecule has 0 aliphatic carbocycles. The number of para-hydroxylation sites is 1. The predicted molar refractivity (Wildman–Crippen MR) is 131 cm³/mol. The lowest BCUT2D eigenvalue weighted by Crippen LogP contribution is -2.30. The van der Waals surface area contributed by atoms with Crippen LogP contribution in [0.5, 0.6) is 0 Å². The summed E-state index contributed by atoms with van der Waals surface area (Å²) in [7, 11) is 0. The van der Waals surface area contributed by atoms with Gasteiger partial charge in [0.25, 0.3) is 0 Å². The Morgan fingerprint density at radius 3 is 2.62 bits per heavy atom. The van der Waals surface area contributed by atoms with Gasteiger partial charge in [-0.2, -0.15) is 0 Å². The number of benzene rings is 2. The zero-order valence-electron chi connectivity index (χ0n) is 17.1. The number of furan rings is 1. The molecular formula is C25H19BrFN3OS. The third-order valence-corrected chi connectivity index (χ3v) is 6.49. The highest BCUT2D eigenvalue weighted by Gasteiger charge is 2.43. The molecule has 0 saturated carbocycles. The summed E-state index contributed by atoms with van der Waals surface area (Å²) < 4.78 is 22.1. The fourth-order valence-corrected chi connectivity index (χ4v) is 5.05. The van der Waals surface area contributed by atoms with Crippen molar-refractivity contribution in [2.45, 2.75) is 19.0 Å². The van der Waals surface area contributed by atoms with E-state index in [1.807, 2.05) is 55.5 Å². The van der Waals surface area contributed by atoms with Crippen LogP contribution in [0.25, 0.3) is 11.3 Å². The van der Waals surface area contributed by atoms with Crippen molar-refractivity contribution in [3.63, 3.8) is 0 Å². The molecule has 4 aromatic rings. The van der Waals surface area contributed by atoms with Crippen LogP contribution in [-0.4, -0.2) is 10.1 Å². The summed E-state index contributed by atoms with van der Waals surface area (Å²) in [6, 6.07) is 21.6. The summed E-state index contributed by atoms with van der Waals surface area (Å²) in [6.07, 6.45) is 1.74. The molecule has 0 spiro atoms. The van der Waals surface area contributed by atoms with E-state index in [9.17, 15) is 4.39 Å². The van der Waals surface area contributed by atoms with Crippen molar-refractivity contribution >= 4 is 38.9 Å². The Morgan fingerprint density at radius 2 is 1.88 bits per heavy atom. The molecule has 0 radical (unpaired) electrons. The molecule has 32 heavy (non-hydrogen) atoms. The van der Waals surface area contributed by atoms with E-state index in [-0.39, 0.29) is 11.9 Å². The molecule has 0 unspecified atom stereocenters. The lowest BCUT2D eigenvalue weighted by Gasteiger charge is -2.26. The Bertz CT molecular complexity index is 1290. The first kappa shape index (κ1) is 20.8. The number of hydrogen-bond donors (Lipinski definition) is 1. The first-order valence-corrected chi connectivity index (χ1v) is 11.3. The van der Waals surface area contributed by atoms with Gasteiger partial charge in [0.1, 0.15) is 23.4 Å². The molecule has 160 valence electrons. The Labute approximate surface area is 199 Å². The van der Waals surface area contributed by atoms with Crippen LogP contribution in [0, 0.1) is 12.7 Å². The first-order valence-electron chi connectivity index (χ1n) is 10.1. The number of aryl methyl sites for hydroxylation is 1. The monoisotopic (exact) mass is 507 g/mol. The van der Waals surface area contributed by atoms with Gasteiger partial charge < -0.3 is 14.6 Å². The quantitative estimate of drug-likeness (QED) is 0.310. The lowest BCUT2D eigenvalue weighted by atomic mass is 10.0. The zero-order valence-corrected chi connectivity index (χ0v) is 19.5. The third kappa shape index (κ3) is 3.72. The number of pyridine rings is 1. The summed E-state index contributed by atoms with van der Waals surface area (Å²) in [6.45, 7) is 2.04. The molecule has 0 amide bonds. The number of nitrogens with one attached hydrogen (secondary N) is 1. The summed E-state index contributed by atoms with van der Waals surface area (Å²) in [4.78, 5) is 6.29. The van der Waals surface area contributed by atoms with E-state index in [0.717, 1.165) is 27.1 Å². The van der Waals surface area contributed by atoms with Gasteiger partial charge in [0.05, 0.1) is 17.4 Å². The van der Waals surface area contributed by atoms with E-state index in [2.05, 4.69) is 26.2 Å². The molecule has 1 N–H and O–H groups in total. The highest BCUT2D eigenvalue weighted by atomic mass is 79.9. The maximum absolute atomic E-state index is 14.8.